The third-order valence-electron chi connectivity index (χ3n) is 2.99. The summed E-state index contributed by atoms with van der Waals surface area (Å²) in [7, 11) is 1.89. The number of aromatic nitrogens is 1. The van der Waals surface area contributed by atoms with Gasteiger partial charge in [-0.2, -0.15) is 0 Å². The third-order valence-corrected chi connectivity index (χ3v) is 3.77. The van der Waals surface area contributed by atoms with Crippen LogP contribution in [0.15, 0.2) is 47.6 Å². The Morgan fingerprint density at radius 3 is 2.75 bits per heavy atom. The Morgan fingerprint density at radius 1 is 1.35 bits per heavy atom. The standard InChI is InChI=1S/C15H16N2O2S/c1-17(10-11-5-4-8-16-9-11)12-6-3-7-13(20-2)14(12)15(18)19/h3-9H,10H2,1-2H3,(H,18,19). The molecule has 0 atom stereocenters. The van der Waals surface area contributed by atoms with E-state index >= 15 is 0 Å². The van der Waals surface area contributed by atoms with Gasteiger partial charge in [-0.25, -0.2) is 4.79 Å². The first-order valence-electron chi connectivity index (χ1n) is 6.14. The second kappa shape index (κ2) is 6.43. The van der Waals surface area contributed by atoms with Crippen molar-refractivity contribution in [1.29, 1.82) is 0 Å². The zero-order valence-electron chi connectivity index (χ0n) is 11.4. The number of hydrogen-bond acceptors (Lipinski definition) is 4. The largest absolute Gasteiger partial charge is 0.478 e. The lowest BCUT2D eigenvalue weighted by Crippen LogP contribution is -2.20. The van der Waals surface area contributed by atoms with E-state index in [2.05, 4.69) is 4.98 Å². The molecule has 1 aromatic heterocycles. The number of carboxylic acids is 1. The van der Waals surface area contributed by atoms with Crippen LogP contribution in [0.3, 0.4) is 0 Å². The zero-order valence-corrected chi connectivity index (χ0v) is 12.2. The molecule has 104 valence electrons. The van der Waals surface area contributed by atoms with E-state index in [1.165, 1.54) is 11.8 Å². The molecule has 1 N–H and O–H groups in total. The Kier molecular flexibility index (Phi) is 4.63. The molecule has 2 aromatic rings. The van der Waals surface area contributed by atoms with Crippen LogP contribution in [0.4, 0.5) is 5.69 Å². The molecule has 2 rings (SSSR count). The summed E-state index contributed by atoms with van der Waals surface area (Å²) in [5.41, 5.74) is 2.11. The number of anilines is 1. The monoisotopic (exact) mass is 288 g/mol. The smallest absolute Gasteiger partial charge is 0.338 e. The molecule has 0 saturated heterocycles. The van der Waals surface area contributed by atoms with Gasteiger partial charge in [0.05, 0.1) is 11.3 Å². The fourth-order valence-corrected chi connectivity index (χ4v) is 2.68. The Hall–Kier alpha value is -2.01. The van der Waals surface area contributed by atoms with Crippen LogP contribution in [0.5, 0.6) is 0 Å². The number of thioether (sulfide) groups is 1. The van der Waals surface area contributed by atoms with E-state index in [-0.39, 0.29) is 0 Å². The molecule has 0 spiro atoms. The van der Waals surface area contributed by atoms with Crippen LogP contribution in [0, 0.1) is 0 Å². The van der Waals surface area contributed by atoms with E-state index in [1.54, 1.807) is 12.4 Å². The predicted molar refractivity (Wildman–Crippen MR) is 81.5 cm³/mol. The maximum atomic E-state index is 11.5. The number of benzene rings is 1. The van der Waals surface area contributed by atoms with Crippen molar-refractivity contribution >= 4 is 23.4 Å². The third kappa shape index (κ3) is 3.11. The Bertz CT molecular complexity index is 602. The van der Waals surface area contributed by atoms with Crippen LogP contribution in [-0.4, -0.2) is 29.4 Å². The molecule has 0 unspecified atom stereocenters. The summed E-state index contributed by atoms with van der Waals surface area (Å²) in [5, 5.41) is 9.44. The molecule has 0 fully saturated rings. The molecule has 4 nitrogen and oxygen atoms in total. The summed E-state index contributed by atoms with van der Waals surface area (Å²) in [4.78, 5) is 18.3. The summed E-state index contributed by atoms with van der Waals surface area (Å²) in [6.45, 7) is 0.617. The van der Waals surface area contributed by atoms with Gasteiger partial charge in [0, 0.05) is 30.9 Å². The first-order valence-corrected chi connectivity index (χ1v) is 7.36. The van der Waals surface area contributed by atoms with Crippen LogP contribution in [0.25, 0.3) is 0 Å². The number of carbonyl (C=O) groups is 1. The highest BCUT2D eigenvalue weighted by atomic mass is 32.2. The molecule has 0 aliphatic rings. The second-order valence-electron chi connectivity index (χ2n) is 4.38. The first-order chi connectivity index (χ1) is 9.63. The quantitative estimate of drug-likeness (QED) is 0.857. The maximum Gasteiger partial charge on any atom is 0.338 e. The molecule has 1 aromatic carbocycles. The highest BCUT2D eigenvalue weighted by Gasteiger charge is 2.17. The minimum atomic E-state index is -0.900. The molecule has 0 amide bonds. The zero-order chi connectivity index (χ0) is 14.5. The van der Waals surface area contributed by atoms with Gasteiger partial charge in [0.15, 0.2) is 0 Å². The average Bonchev–Trinajstić information content (AvgIpc) is 2.47. The molecule has 0 aliphatic carbocycles. The summed E-state index contributed by atoms with van der Waals surface area (Å²) in [6, 6.07) is 9.39. The Labute approximate surface area is 122 Å². The van der Waals surface area contributed by atoms with E-state index in [0.29, 0.717) is 17.8 Å². The van der Waals surface area contributed by atoms with Crippen LogP contribution in [0.1, 0.15) is 15.9 Å². The van der Waals surface area contributed by atoms with Crippen molar-refractivity contribution in [2.75, 3.05) is 18.2 Å². The van der Waals surface area contributed by atoms with Crippen LogP contribution in [-0.2, 0) is 6.54 Å². The fourth-order valence-electron chi connectivity index (χ4n) is 2.07. The number of aromatic carboxylic acids is 1. The predicted octanol–water partition coefficient (Wildman–Crippen LogP) is 3.14. The van der Waals surface area contributed by atoms with Crippen molar-refractivity contribution in [1.82, 2.24) is 4.98 Å². The molecule has 0 radical (unpaired) electrons. The van der Waals surface area contributed by atoms with Gasteiger partial charge in [0.1, 0.15) is 0 Å². The number of pyridine rings is 1. The van der Waals surface area contributed by atoms with E-state index < -0.39 is 5.97 Å². The molecular formula is C15H16N2O2S. The molecule has 5 heteroatoms. The summed E-state index contributed by atoms with van der Waals surface area (Å²) in [6.07, 6.45) is 5.39. The van der Waals surface area contributed by atoms with Gasteiger partial charge in [-0.3, -0.25) is 4.98 Å². The minimum absolute atomic E-state index is 0.353. The fraction of sp³-hybridized carbons (Fsp3) is 0.200. The van der Waals surface area contributed by atoms with Crippen molar-refractivity contribution in [2.24, 2.45) is 0 Å². The maximum absolute atomic E-state index is 11.5. The Balaban J connectivity index is 2.34. The molecule has 0 bridgehead atoms. The minimum Gasteiger partial charge on any atom is -0.478 e. The van der Waals surface area contributed by atoms with Crippen molar-refractivity contribution < 1.29 is 9.90 Å². The number of carboxylic acid groups (broad SMARTS) is 1. The molecule has 20 heavy (non-hydrogen) atoms. The molecule has 0 aliphatic heterocycles. The summed E-state index contributed by atoms with van der Waals surface area (Å²) >= 11 is 1.44. The van der Waals surface area contributed by atoms with Gasteiger partial charge in [-0.1, -0.05) is 12.1 Å². The van der Waals surface area contributed by atoms with Crippen molar-refractivity contribution in [3.05, 3.63) is 53.9 Å². The van der Waals surface area contributed by atoms with Gasteiger partial charge < -0.3 is 10.0 Å². The first kappa shape index (κ1) is 14.4. The number of nitrogens with zero attached hydrogens (tertiary/aromatic N) is 2. The number of rotatable bonds is 5. The van der Waals surface area contributed by atoms with Crippen molar-refractivity contribution in [2.45, 2.75) is 11.4 Å². The lowest BCUT2D eigenvalue weighted by Gasteiger charge is -2.22. The van der Waals surface area contributed by atoms with Crippen LogP contribution in [0.2, 0.25) is 0 Å². The summed E-state index contributed by atoms with van der Waals surface area (Å²) in [5.74, 6) is -0.900. The van der Waals surface area contributed by atoms with Gasteiger partial charge in [0.2, 0.25) is 0 Å². The lowest BCUT2D eigenvalue weighted by atomic mass is 10.1. The summed E-state index contributed by atoms with van der Waals surface area (Å²) < 4.78 is 0. The SMILES string of the molecule is CSc1cccc(N(C)Cc2cccnc2)c1C(=O)O. The molecule has 0 saturated carbocycles. The normalized spacial score (nSPS) is 10.3. The highest BCUT2D eigenvalue weighted by molar-refractivity contribution is 7.98. The second-order valence-corrected chi connectivity index (χ2v) is 5.22. The molecule has 1 heterocycles. The molecular weight excluding hydrogens is 272 g/mol. The lowest BCUT2D eigenvalue weighted by molar-refractivity contribution is 0.0694. The van der Waals surface area contributed by atoms with Crippen molar-refractivity contribution in [3.8, 4) is 0 Å². The van der Waals surface area contributed by atoms with Gasteiger partial charge in [-0.15, -0.1) is 11.8 Å². The van der Waals surface area contributed by atoms with E-state index in [0.717, 1.165) is 10.5 Å². The highest BCUT2D eigenvalue weighted by Crippen LogP contribution is 2.29. The average molecular weight is 288 g/mol. The van der Waals surface area contributed by atoms with Crippen LogP contribution >= 0.6 is 11.8 Å². The van der Waals surface area contributed by atoms with E-state index in [9.17, 15) is 9.90 Å². The topological polar surface area (TPSA) is 53.4 Å². The number of hydrogen-bond donors (Lipinski definition) is 1. The van der Waals surface area contributed by atoms with Gasteiger partial charge in [-0.05, 0) is 30.0 Å². The van der Waals surface area contributed by atoms with Crippen LogP contribution < -0.4 is 4.90 Å². The van der Waals surface area contributed by atoms with E-state index in [4.69, 9.17) is 0 Å². The van der Waals surface area contributed by atoms with Gasteiger partial charge in [0.25, 0.3) is 0 Å². The van der Waals surface area contributed by atoms with E-state index in [1.807, 2.05) is 48.5 Å². The Morgan fingerprint density at radius 2 is 2.15 bits per heavy atom. The van der Waals surface area contributed by atoms with Crippen molar-refractivity contribution in [3.63, 3.8) is 0 Å². The van der Waals surface area contributed by atoms with Gasteiger partial charge >= 0.3 is 5.97 Å².